The zero-order valence-electron chi connectivity index (χ0n) is 13.6. The van der Waals surface area contributed by atoms with Crippen molar-refractivity contribution in [3.63, 3.8) is 0 Å². The summed E-state index contributed by atoms with van der Waals surface area (Å²) in [5.74, 6) is 1.84. The van der Waals surface area contributed by atoms with Crippen LogP contribution >= 0.6 is 0 Å². The van der Waals surface area contributed by atoms with Crippen molar-refractivity contribution in [2.75, 3.05) is 26.7 Å². The molecule has 1 aliphatic carbocycles. The van der Waals surface area contributed by atoms with Crippen molar-refractivity contribution < 1.29 is 4.52 Å². The summed E-state index contributed by atoms with van der Waals surface area (Å²) in [6, 6.07) is 2.24. The van der Waals surface area contributed by atoms with Crippen molar-refractivity contribution in [2.45, 2.75) is 44.1 Å². The molecule has 2 aliphatic rings. The Kier molecular flexibility index (Phi) is 4.13. The van der Waals surface area contributed by atoms with Gasteiger partial charge in [-0.05, 0) is 26.0 Å². The molecule has 0 amide bonds. The van der Waals surface area contributed by atoms with Crippen LogP contribution in [-0.4, -0.2) is 51.9 Å². The van der Waals surface area contributed by atoms with Crippen LogP contribution in [-0.2, 0) is 0 Å². The van der Waals surface area contributed by atoms with Crippen molar-refractivity contribution >= 4 is 0 Å². The number of piperazine rings is 1. The molecule has 1 aliphatic heterocycles. The Labute approximate surface area is 135 Å². The Morgan fingerprint density at radius 3 is 2.96 bits per heavy atom. The third-order valence-electron chi connectivity index (χ3n) is 5.11. The van der Waals surface area contributed by atoms with Crippen LogP contribution in [0.2, 0.25) is 0 Å². The molecule has 7 nitrogen and oxygen atoms in total. The lowest BCUT2D eigenvalue weighted by Gasteiger charge is -2.30. The summed E-state index contributed by atoms with van der Waals surface area (Å²) in [6.45, 7) is 2.84. The number of hydrogen-bond acceptors (Lipinski definition) is 6. The maximum Gasteiger partial charge on any atom is 0.278 e. The zero-order valence-corrected chi connectivity index (χ0v) is 13.6. The highest BCUT2D eigenvalue weighted by molar-refractivity contribution is 5.47. The van der Waals surface area contributed by atoms with Gasteiger partial charge in [-0.2, -0.15) is 10.1 Å². The molecule has 3 heterocycles. The van der Waals surface area contributed by atoms with Gasteiger partial charge in [-0.25, -0.2) is 0 Å². The van der Waals surface area contributed by atoms with Gasteiger partial charge in [-0.1, -0.05) is 24.4 Å². The molecule has 0 spiro atoms. The number of H-pyrrole nitrogens is 1. The lowest BCUT2D eigenvalue weighted by Crippen LogP contribution is -2.44. The van der Waals surface area contributed by atoms with E-state index in [-0.39, 0.29) is 6.04 Å². The maximum absolute atomic E-state index is 5.45. The zero-order chi connectivity index (χ0) is 15.6. The van der Waals surface area contributed by atoms with Crippen LogP contribution in [0.5, 0.6) is 0 Å². The van der Waals surface area contributed by atoms with Gasteiger partial charge in [0.15, 0.2) is 11.5 Å². The van der Waals surface area contributed by atoms with E-state index in [1.165, 1.54) is 37.8 Å². The topological polar surface area (TPSA) is 82.9 Å². The van der Waals surface area contributed by atoms with E-state index < -0.39 is 0 Å². The van der Waals surface area contributed by atoms with E-state index in [2.05, 4.69) is 43.7 Å². The number of rotatable bonds is 3. The van der Waals surface area contributed by atoms with Crippen LogP contribution in [0.3, 0.4) is 0 Å². The number of aromatic nitrogens is 4. The fourth-order valence-corrected chi connectivity index (χ4v) is 3.64. The summed E-state index contributed by atoms with van der Waals surface area (Å²) in [7, 11) is 2.09. The van der Waals surface area contributed by atoms with Crippen molar-refractivity contribution in [3.8, 4) is 11.6 Å². The van der Waals surface area contributed by atoms with Crippen molar-refractivity contribution in [1.82, 2.24) is 30.6 Å². The second-order valence-electron chi connectivity index (χ2n) is 6.70. The molecule has 1 saturated carbocycles. The van der Waals surface area contributed by atoms with E-state index in [1.807, 2.05) is 0 Å². The quantitative estimate of drug-likeness (QED) is 0.902. The highest BCUT2D eigenvalue weighted by Gasteiger charge is 2.26. The van der Waals surface area contributed by atoms with Crippen LogP contribution in [0.25, 0.3) is 11.6 Å². The van der Waals surface area contributed by atoms with E-state index >= 15 is 0 Å². The first kappa shape index (κ1) is 14.8. The van der Waals surface area contributed by atoms with Crippen molar-refractivity contribution in [2.24, 2.45) is 0 Å². The largest absolute Gasteiger partial charge is 0.332 e. The predicted octanol–water partition coefficient (Wildman–Crippen LogP) is 2.08. The molecule has 1 unspecified atom stereocenters. The van der Waals surface area contributed by atoms with E-state index in [1.54, 1.807) is 0 Å². The molecular formula is C16H24N6O. The van der Waals surface area contributed by atoms with Crippen molar-refractivity contribution in [1.29, 1.82) is 0 Å². The molecule has 7 heteroatoms. The summed E-state index contributed by atoms with van der Waals surface area (Å²) >= 11 is 0. The maximum atomic E-state index is 5.45. The molecule has 1 atom stereocenters. The normalized spacial score (nSPS) is 24.1. The molecule has 4 rings (SSSR count). The molecule has 124 valence electrons. The van der Waals surface area contributed by atoms with E-state index in [0.29, 0.717) is 11.8 Å². The third-order valence-corrected chi connectivity index (χ3v) is 5.11. The number of aromatic amines is 1. The SMILES string of the molecule is CN1CCNCC1c1noc(-c2cc(C3CCCCC3)[nH]n2)n1. The molecule has 2 aromatic heterocycles. The first-order valence-corrected chi connectivity index (χ1v) is 8.61. The van der Waals surface area contributed by atoms with Crippen LogP contribution in [0.15, 0.2) is 10.6 Å². The average Bonchev–Trinajstić information content (AvgIpc) is 3.25. The van der Waals surface area contributed by atoms with Crippen LogP contribution < -0.4 is 5.32 Å². The highest BCUT2D eigenvalue weighted by Crippen LogP contribution is 2.33. The average molecular weight is 316 g/mol. The van der Waals surface area contributed by atoms with Gasteiger partial charge in [-0.15, -0.1) is 0 Å². The van der Waals surface area contributed by atoms with E-state index in [0.717, 1.165) is 31.2 Å². The third kappa shape index (κ3) is 3.03. The molecule has 2 N–H and O–H groups in total. The summed E-state index contributed by atoms with van der Waals surface area (Å²) in [5, 5.41) is 15.1. The molecular weight excluding hydrogens is 292 g/mol. The lowest BCUT2D eigenvalue weighted by molar-refractivity contribution is 0.190. The summed E-state index contributed by atoms with van der Waals surface area (Å²) in [6.07, 6.45) is 6.47. The van der Waals surface area contributed by atoms with Gasteiger partial charge in [-0.3, -0.25) is 10.00 Å². The minimum absolute atomic E-state index is 0.165. The van der Waals surface area contributed by atoms with Gasteiger partial charge in [0, 0.05) is 31.2 Å². The standard InChI is InChI=1S/C16H24N6O/c1-22-8-7-17-10-14(22)15-18-16(23-21-15)13-9-12(19-20-13)11-5-3-2-4-6-11/h9,11,14,17H,2-8,10H2,1H3,(H,19,20). The molecule has 0 bridgehead atoms. The number of nitrogens with zero attached hydrogens (tertiary/aromatic N) is 4. The molecule has 0 aromatic carbocycles. The number of likely N-dealkylation sites (N-methyl/N-ethyl adjacent to an activating group) is 1. The van der Waals surface area contributed by atoms with Crippen molar-refractivity contribution in [3.05, 3.63) is 17.6 Å². The van der Waals surface area contributed by atoms with Gasteiger partial charge in [0.25, 0.3) is 5.89 Å². The summed E-state index contributed by atoms with van der Waals surface area (Å²) < 4.78 is 5.45. The molecule has 2 aromatic rings. The molecule has 1 saturated heterocycles. The number of hydrogen-bond donors (Lipinski definition) is 2. The second-order valence-corrected chi connectivity index (χ2v) is 6.70. The summed E-state index contributed by atoms with van der Waals surface area (Å²) in [5.41, 5.74) is 1.96. The van der Waals surface area contributed by atoms with E-state index in [9.17, 15) is 0 Å². The Morgan fingerprint density at radius 1 is 1.26 bits per heavy atom. The van der Waals surface area contributed by atoms with E-state index in [4.69, 9.17) is 4.52 Å². The molecule has 23 heavy (non-hydrogen) atoms. The minimum Gasteiger partial charge on any atom is -0.332 e. The van der Waals surface area contributed by atoms with Gasteiger partial charge in [0.2, 0.25) is 0 Å². The summed E-state index contributed by atoms with van der Waals surface area (Å²) in [4.78, 5) is 6.82. The van der Waals surface area contributed by atoms with Crippen LogP contribution in [0.4, 0.5) is 0 Å². The minimum atomic E-state index is 0.165. The fourth-order valence-electron chi connectivity index (χ4n) is 3.64. The predicted molar refractivity (Wildman–Crippen MR) is 85.9 cm³/mol. The monoisotopic (exact) mass is 316 g/mol. The van der Waals surface area contributed by atoms with Gasteiger partial charge in [0.1, 0.15) is 0 Å². The van der Waals surface area contributed by atoms with Gasteiger partial charge < -0.3 is 9.84 Å². The van der Waals surface area contributed by atoms with Gasteiger partial charge >= 0.3 is 0 Å². The first-order valence-electron chi connectivity index (χ1n) is 8.61. The smallest absolute Gasteiger partial charge is 0.278 e. The van der Waals surface area contributed by atoms with Crippen LogP contribution in [0.1, 0.15) is 55.6 Å². The van der Waals surface area contributed by atoms with Crippen LogP contribution in [0, 0.1) is 0 Å². The Balaban J connectivity index is 1.51. The Hall–Kier alpha value is -1.73. The second kappa shape index (κ2) is 6.41. The van der Waals surface area contributed by atoms with Gasteiger partial charge in [0.05, 0.1) is 6.04 Å². The molecule has 2 fully saturated rings. The number of nitrogens with one attached hydrogen (secondary N) is 2. The molecule has 0 radical (unpaired) electrons. The Bertz CT molecular complexity index is 645. The highest BCUT2D eigenvalue weighted by atomic mass is 16.5. The fraction of sp³-hybridized carbons (Fsp3) is 0.688. The Morgan fingerprint density at radius 2 is 2.13 bits per heavy atom. The lowest BCUT2D eigenvalue weighted by atomic mass is 9.87. The first-order chi connectivity index (χ1) is 11.3.